The van der Waals surface area contributed by atoms with Gasteiger partial charge in [-0.1, -0.05) is 84.4 Å². The lowest BCUT2D eigenvalue weighted by molar-refractivity contribution is 0.101. The molecule has 0 saturated carbocycles. The van der Waals surface area contributed by atoms with E-state index in [1.807, 2.05) is 43.3 Å². The highest BCUT2D eigenvalue weighted by Gasteiger charge is 2.30. The van der Waals surface area contributed by atoms with Gasteiger partial charge < -0.3 is 9.47 Å². The van der Waals surface area contributed by atoms with Crippen molar-refractivity contribution in [2.45, 2.75) is 20.5 Å². The molecule has 1 heterocycles. The number of hydrogen-bond donors (Lipinski definition) is 0. The van der Waals surface area contributed by atoms with Gasteiger partial charge in [-0.3, -0.25) is 4.79 Å². The summed E-state index contributed by atoms with van der Waals surface area (Å²) in [5.74, 6) is 1.52. The summed E-state index contributed by atoms with van der Waals surface area (Å²) < 4.78 is 12.0. The van der Waals surface area contributed by atoms with E-state index in [0.29, 0.717) is 23.7 Å². The summed E-state index contributed by atoms with van der Waals surface area (Å²) in [5.41, 5.74) is 6.92. The van der Waals surface area contributed by atoms with Crippen molar-refractivity contribution in [2.75, 3.05) is 0 Å². The largest absolute Gasteiger partial charge is 0.488 e. The second kappa shape index (κ2) is 8.79. The highest BCUT2D eigenvalue weighted by Crippen LogP contribution is 2.39. The number of allylic oxidation sites excluding steroid dienone is 1. The number of aryl methyl sites for hydroxylation is 1. The fourth-order valence-electron chi connectivity index (χ4n) is 3.92. The van der Waals surface area contributed by atoms with Crippen molar-refractivity contribution in [3.63, 3.8) is 0 Å². The molecule has 3 nitrogen and oxygen atoms in total. The molecule has 33 heavy (non-hydrogen) atoms. The Balaban J connectivity index is 1.34. The Morgan fingerprint density at radius 2 is 1.48 bits per heavy atom. The topological polar surface area (TPSA) is 35.5 Å². The van der Waals surface area contributed by atoms with Gasteiger partial charge in [-0.05, 0) is 54.3 Å². The third-order valence-electron chi connectivity index (χ3n) is 5.87. The van der Waals surface area contributed by atoms with E-state index in [2.05, 4.69) is 55.5 Å². The van der Waals surface area contributed by atoms with E-state index in [4.69, 9.17) is 9.47 Å². The first-order chi connectivity index (χ1) is 16.1. The summed E-state index contributed by atoms with van der Waals surface area (Å²) in [7, 11) is 0. The Morgan fingerprint density at radius 1 is 0.788 bits per heavy atom. The molecule has 5 rings (SSSR count). The average Bonchev–Trinajstić information content (AvgIpc) is 3.17. The monoisotopic (exact) mass is 432 g/mol. The minimum atomic E-state index is -0.106. The van der Waals surface area contributed by atoms with Gasteiger partial charge in [0.25, 0.3) is 0 Å². The fourth-order valence-corrected chi connectivity index (χ4v) is 3.92. The van der Waals surface area contributed by atoms with Gasteiger partial charge in [0.15, 0.2) is 5.76 Å². The quantitative estimate of drug-likeness (QED) is 0.314. The van der Waals surface area contributed by atoms with Gasteiger partial charge in [0, 0.05) is 5.56 Å². The maximum absolute atomic E-state index is 12.9. The van der Waals surface area contributed by atoms with Crippen LogP contribution in [0.1, 0.15) is 32.6 Å². The number of carbonyl (C=O) groups is 1. The molecule has 4 aromatic rings. The number of ketones is 1. The van der Waals surface area contributed by atoms with Crippen molar-refractivity contribution in [3.8, 4) is 22.6 Å². The maximum Gasteiger partial charge on any atom is 0.231 e. The number of carbonyl (C=O) groups excluding carboxylic acids is 1. The van der Waals surface area contributed by atoms with E-state index in [-0.39, 0.29) is 5.78 Å². The fraction of sp³-hybridized carbons (Fsp3) is 0.100. The molecule has 3 heteroatoms. The van der Waals surface area contributed by atoms with E-state index in [0.717, 1.165) is 33.6 Å². The Bertz CT molecular complexity index is 1330. The third-order valence-corrected chi connectivity index (χ3v) is 5.87. The van der Waals surface area contributed by atoms with Crippen molar-refractivity contribution in [1.29, 1.82) is 0 Å². The molecule has 4 aromatic carbocycles. The van der Waals surface area contributed by atoms with E-state index in [1.54, 1.807) is 12.1 Å². The lowest BCUT2D eigenvalue weighted by Crippen LogP contribution is -1.98. The van der Waals surface area contributed by atoms with Gasteiger partial charge in [-0.15, -0.1) is 0 Å². The van der Waals surface area contributed by atoms with Crippen LogP contribution in [0.5, 0.6) is 11.5 Å². The summed E-state index contributed by atoms with van der Waals surface area (Å²) >= 11 is 0. The standard InChI is InChI=1S/C30H24O3/c1-20-8-10-23(11-9-20)19-32-27-17-16-26-29(31)28(33-30(26)21(27)2)18-22-12-14-25(15-13-22)24-6-4-3-5-7-24/h3-18H,19H2,1-2H3/b28-18-. The molecule has 0 atom stereocenters. The smallest absolute Gasteiger partial charge is 0.231 e. The molecule has 0 radical (unpaired) electrons. The number of ether oxygens (including phenoxy) is 2. The molecule has 162 valence electrons. The Hall–Kier alpha value is -4.11. The van der Waals surface area contributed by atoms with E-state index >= 15 is 0 Å². The van der Waals surface area contributed by atoms with Crippen LogP contribution in [0.15, 0.2) is 96.8 Å². The molecule has 0 bridgehead atoms. The zero-order valence-corrected chi connectivity index (χ0v) is 18.7. The number of benzene rings is 4. The van der Waals surface area contributed by atoms with Crippen molar-refractivity contribution in [1.82, 2.24) is 0 Å². The molecular weight excluding hydrogens is 408 g/mol. The van der Waals surface area contributed by atoms with Crippen molar-refractivity contribution in [3.05, 3.63) is 125 Å². The normalized spacial score (nSPS) is 13.6. The van der Waals surface area contributed by atoms with Crippen LogP contribution in [-0.4, -0.2) is 5.78 Å². The number of rotatable bonds is 5. The molecule has 0 saturated heterocycles. The van der Waals surface area contributed by atoms with Crippen LogP contribution in [0.4, 0.5) is 0 Å². The summed E-state index contributed by atoms with van der Waals surface area (Å²) in [4.78, 5) is 12.9. The number of fused-ring (bicyclic) bond motifs is 1. The van der Waals surface area contributed by atoms with Crippen molar-refractivity contribution in [2.24, 2.45) is 0 Å². The molecule has 0 spiro atoms. The Morgan fingerprint density at radius 3 is 2.21 bits per heavy atom. The van der Waals surface area contributed by atoms with Crippen LogP contribution in [-0.2, 0) is 6.61 Å². The molecule has 0 N–H and O–H groups in total. The van der Waals surface area contributed by atoms with Gasteiger partial charge in [-0.2, -0.15) is 0 Å². The van der Waals surface area contributed by atoms with Crippen LogP contribution in [0, 0.1) is 13.8 Å². The molecule has 1 aliphatic heterocycles. The highest BCUT2D eigenvalue weighted by molar-refractivity contribution is 6.15. The SMILES string of the molecule is Cc1ccc(COc2ccc3c(c2C)O/C(=C\c2ccc(-c4ccccc4)cc2)C3=O)cc1. The maximum atomic E-state index is 12.9. The third kappa shape index (κ3) is 4.31. The van der Waals surface area contributed by atoms with Gasteiger partial charge >= 0.3 is 0 Å². The molecule has 1 aliphatic rings. The summed E-state index contributed by atoms with van der Waals surface area (Å²) in [6.07, 6.45) is 1.80. The van der Waals surface area contributed by atoms with Gasteiger partial charge in [-0.25, -0.2) is 0 Å². The average molecular weight is 433 g/mol. The zero-order valence-electron chi connectivity index (χ0n) is 18.7. The van der Waals surface area contributed by atoms with Gasteiger partial charge in [0.05, 0.1) is 5.56 Å². The van der Waals surface area contributed by atoms with Gasteiger partial charge in [0.2, 0.25) is 5.78 Å². The first kappa shape index (κ1) is 20.8. The molecule has 0 aliphatic carbocycles. The number of hydrogen-bond acceptors (Lipinski definition) is 3. The highest BCUT2D eigenvalue weighted by atomic mass is 16.5. The van der Waals surface area contributed by atoms with Crippen LogP contribution in [0.25, 0.3) is 17.2 Å². The first-order valence-electron chi connectivity index (χ1n) is 11.0. The van der Waals surface area contributed by atoms with Crippen molar-refractivity contribution >= 4 is 11.9 Å². The van der Waals surface area contributed by atoms with Crippen LogP contribution < -0.4 is 9.47 Å². The summed E-state index contributed by atoms with van der Waals surface area (Å²) in [5, 5.41) is 0. The second-order valence-electron chi connectivity index (χ2n) is 8.27. The van der Waals surface area contributed by atoms with E-state index in [1.165, 1.54) is 5.56 Å². The van der Waals surface area contributed by atoms with E-state index < -0.39 is 0 Å². The summed E-state index contributed by atoms with van der Waals surface area (Å²) in [6.45, 7) is 4.45. The molecule has 0 fully saturated rings. The lowest BCUT2D eigenvalue weighted by atomic mass is 10.0. The molecule has 0 unspecified atom stereocenters. The van der Waals surface area contributed by atoms with Crippen LogP contribution in [0.2, 0.25) is 0 Å². The molecule has 0 aromatic heterocycles. The van der Waals surface area contributed by atoms with Crippen LogP contribution in [0.3, 0.4) is 0 Å². The minimum absolute atomic E-state index is 0.106. The van der Waals surface area contributed by atoms with Gasteiger partial charge in [0.1, 0.15) is 18.1 Å². The predicted octanol–water partition coefficient (Wildman–Crippen LogP) is 7.17. The van der Waals surface area contributed by atoms with Crippen molar-refractivity contribution < 1.29 is 14.3 Å². The lowest BCUT2D eigenvalue weighted by Gasteiger charge is -2.11. The predicted molar refractivity (Wildman–Crippen MR) is 132 cm³/mol. The van der Waals surface area contributed by atoms with E-state index in [9.17, 15) is 4.79 Å². The molecular formula is C30H24O3. The Kier molecular flexibility index (Phi) is 5.54. The number of Topliss-reactive ketones (excluding diaryl/α,β-unsaturated/α-hetero) is 1. The Labute approximate surface area is 193 Å². The zero-order chi connectivity index (χ0) is 22.8. The minimum Gasteiger partial charge on any atom is -0.488 e. The second-order valence-corrected chi connectivity index (χ2v) is 8.27. The molecule has 0 amide bonds. The summed E-state index contributed by atoms with van der Waals surface area (Å²) in [6, 6.07) is 30.2. The first-order valence-corrected chi connectivity index (χ1v) is 11.0. The van der Waals surface area contributed by atoms with Crippen LogP contribution >= 0.6 is 0 Å².